The molecule has 0 aliphatic rings. The predicted molar refractivity (Wildman–Crippen MR) is 114 cm³/mol. The second kappa shape index (κ2) is 10.4. The van der Waals surface area contributed by atoms with Gasteiger partial charge in [-0.05, 0) is 43.0 Å². The summed E-state index contributed by atoms with van der Waals surface area (Å²) in [5.41, 5.74) is 1.08. The minimum Gasteiger partial charge on any atom is -0.439 e. The van der Waals surface area contributed by atoms with Gasteiger partial charge in [0.2, 0.25) is 5.88 Å². The molecule has 1 N–H and O–H groups in total. The van der Waals surface area contributed by atoms with Crippen molar-refractivity contribution in [3.8, 4) is 11.6 Å². The maximum atomic E-state index is 12.6. The van der Waals surface area contributed by atoms with Crippen LogP contribution in [0.2, 0.25) is 5.02 Å². The van der Waals surface area contributed by atoms with Crippen LogP contribution in [0.3, 0.4) is 0 Å². The number of aryl methyl sites for hydroxylation is 1. The minimum atomic E-state index is -4.42. The number of aromatic nitrogens is 3. The molecule has 3 rings (SSSR count). The fraction of sp³-hybridized carbons (Fsp3) is 0.318. The third-order valence-electron chi connectivity index (χ3n) is 4.54. The van der Waals surface area contributed by atoms with Gasteiger partial charge in [0.05, 0.1) is 11.3 Å². The highest BCUT2D eigenvalue weighted by Crippen LogP contribution is 2.30. The average Bonchev–Trinajstić information content (AvgIpc) is 2.75. The van der Waals surface area contributed by atoms with E-state index < -0.39 is 11.7 Å². The Kier molecular flexibility index (Phi) is 7.68. The summed E-state index contributed by atoms with van der Waals surface area (Å²) in [6.45, 7) is 2.75. The van der Waals surface area contributed by atoms with E-state index in [1.54, 1.807) is 12.1 Å². The average molecular weight is 451 g/mol. The Labute approximate surface area is 183 Å². The van der Waals surface area contributed by atoms with Gasteiger partial charge >= 0.3 is 6.18 Å². The van der Waals surface area contributed by atoms with Gasteiger partial charge in [-0.25, -0.2) is 15.0 Å². The first-order valence-corrected chi connectivity index (χ1v) is 10.3. The standard InChI is InChI=1S/C22H22ClF3N4O/c1-2-3-4-18-20(23)21(30-14-29-18)27-12-11-15-5-8-17(9-6-15)31-19-10-7-16(13-28-19)22(24,25)26/h5-10,13-14H,2-4,11-12H2,1H3,(H,27,29,30). The number of hydrogen-bond donors (Lipinski definition) is 1. The number of nitrogens with one attached hydrogen (secondary N) is 1. The van der Waals surface area contributed by atoms with Gasteiger partial charge in [0.15, 0.2) is 0 Å². The van der Waals surface area contributed by atoms with Crippen molar-refractivity contribution in [2.45, 2.75) is 38.8 Å². The molecule has 5 nitrogen and oxygen atoms in total. The number of hydrogen-bond acceptors (Lipinski definition) is 5. The van der Waals surface area contributed by atoms with Crippen LogP contribution in [-0.2, 0) is 19.0 Å². The molecule has 3 aromatic rings. The zero-order valence-corrected chi connectivity index (χ0v) is 17.7. The summed E-state index contributed by atoms with van der Waals surface area (Å²) in [7, 11) is 0. The molecule has 0 unspecified atom stereocenters. The molecule has 0 saturated heterocycles. The van der Waals surface area contributed by atoms with Gasteiger partial charge in [0, 0.05) is 18.8 Å². The number of halogens is 4. The number of rotatable bonds is 9. The Morgan fingerprint density at radius 3 is 2.42 bits per heavy atom. The zero-order chi connectivity index (χ0) is 22.3. The van der Waals surface area contributed by atoms with Crippen LogP contribution in [0.15, 0.2) is 48.9 Å². The van der Waals surface area contributed by atoms with Crippen molar-refractivity contribution in [3.63, 3.8) is 0 Å². The molecule has 2 aromatic heterocycles. The molecule has 0 spiro atoms. The molecule has 0 atom stereocenters. The molecule has 0 amide bonds. The molecule has 0 aliphatic heterocycles. The third-order valence-corrected chi connectivity index (χ3v) is 4.94. The first kappa shape index (κ1) is 22.8. The number of anilines is 1. The Hall–Kier alpha value is -2.87. The van der Waals surface area contributed by atoms with E-state index >= 15 is 0 Å². The van der Waals surface area contributed by atoms with Crippen molar-refractivity contribution in [1.82, 2.24) is 15.0 Å². The second-order valence-corrected chi connectivity index (χ2v) is 7.27. The van der Waals surface area contributed by atoms with Gasteiger partial charge in [-0.2, -0.15) is 13.2 Å². The molecule has 0 saturated carbocycles. The van der Waals surface area contributed by atoms with Crippen LogP contribution in [0.1, 0.15) is 36.6 Å². The van der Waals surface area contributed by atoms with Gasteiger partial charge in [0.1, 0.15) is 22.9 Å². The number of pyridine rings is 1. The third kappa shape index (κ3) is 6.55. The number of alkyl halides is 3. The lowest BCUT2D eigenvalue weighted by molar-refractivity contribution is -0.137. The summed E-state index contributed by atoms with van der Waals surface area (Å²) in [6, 6.07) is 9.39. The summed E-state index contributed by atoms with van der Waals surface area (Å²) in [5, 5.41) is 3.79. The molecule has 0 radical (unpaired) electrons. The van der Waals surface area contributed by atoms with Crippen molar-refractivity contribution in [1.29, 1.82) is 0 Å². The molecule has 0 fully saturated rings. The molecule has 31 heavy (non-hydrogen) atoms. The zero-order valence-electron chi connectivity index (χ0n) is 16.9. The maximum absolute atomic E-state index is 12.6. The molecule has 2 heterocycles. The first-order valence-electron chi connectivity index (χ1n) is 9.90. The van der Waals surface area contributed by atoms with Gasteiger partial charge in [-0.3, -0.25) is 0 Å². The number of benzene rings is 1. The largest absolute Gasteiger partial charge is 0.439 e. The highest BCUT2D eigenvalue weighted by Gasteiger charge is 2.30. The SMILES string of the molecule is CCCCc1ncnc(NCCc2ccc(Oc3ccc(C(F)(F)F)cn3)cc2)c1Cl. The van der Waals surface area contributed by atoms with Crippen molar-refractivity contribution in [2.75, 3.05) is 11.9 Å². The van der Waals surface area contributed by atoms with Crippen LogP contribution in [0.5, 0.6) is 11.6 Å². The van der Waals surface area contributed by atoms with E-state index in [1.807, 2.05) is 12.1 Å². The van der Waals surface area contributed by atoms with Gasteiger partial charge < -0.3 is 10.1 Å². The van der Waals surface area contributed by atoms with E-state index in [-0.39, 0.29) is 5.88 Å². The van der Waals surface area contributed by atoms with Gasteiger partial charge in [0.25, 0.3) is 0 Å². The lowest BCUT2D eigenvalue weighted by Gasteiger charge is -2.10. The fourth-order valence-corrected chi connectivity index (χ4v) is 3.09. The maximum Gasteiger partial charge on any atom is 0.417 e. The smallest absolute Gasteiger partial charge is 0.417 e. The first-order chi connectivity index (χ1) is 14.9. The van der Waals surface area contributed by atoms with Crippen molar-refractivity contribution in [2.24, 2.45) is 0 Å². The monoisotopic (exact) mass is 450 g/mol. The predicted octanol–water partition coefficient (Wildman–Crippen LogP) is 6.33. The van der Waals surface area contributed by atoms with Crippen LogP contribution in [0, 0.1) is 0 Å². The van der Waals surface area contributed by atoms with Crippen LogP contribution < -0.4 is 10.1 Å². The molecular formula is C22H22ClF3N4O. The van der Waals surface area contributed by atoms with E-state index in [0.29, 0.717) is 23.1 Å². The molecule has 164 valence electrons. The number of ether oxygens (including phenoxy) is 1. The minimum absolute atomic E-state index is 0.0969. The summed E-state index contributed by atoms with van der Waals surface area (Å²) in [5.74, 6) is 1.21. The highest BCUT2D eigenvalue weighted by atomic mass is 35.5. The van der Waals surface area contributed by atoms with E-state index in [2.05, 4.69) is 27.2 Å². The topological polar surface area (TPSA) is 59.9 Å². The van der Waals surface area contributed by atoms with E-state index in [4.69, 9.17) is 16.3 Å². The lowest BCUT2D eigenvalue weighted by atomic mass is 10.1. The number of nitrogens with zero attached hydrogens (tertiary/aromatic N) is 3. The Bertz CT molecular complexity index is 980. The quantitative estimate of drug-likeness (QED) is 0.412. The fourth-order valence-electron chi connectivity index (χ4n) is 2.83. The molecule has 1 aromatic carbocycles. The van der Waals surface area contributed by atoms with Crippen LogP contribution >= 0.6 is 11.6 Å². The van der Waals surface area contributed by atoms with E-state index in [9.17, 15) is 13.2 Å². The Balaban J connectivity index is 1.52. The lowest BCUT2D eigenvalue weighted by Crippen LogP contribution is -2.08. The van der Waals surface area contributed by atoms with Crippen LogP contribution in [0.4, 0.5) is 19.0 Å². The van der Waals surface area contributed by atoms with Crippen molar-refractivity contribution < 1.29 is 17.9 Å². The molecule has 0 bridgehead atoms. The normalized spacial score (nSPS) is 11.4. The molecule has 0 aliphatic carbocycles. The highest BCUT2D eigenvalue weighted by molar-refractivity contribution is 6.33. The van der Waals surface area contributed by atoms with Crippen molar-refractivity contribution in [3.05, 3.63) is 70.8 Å². The molecular weight excluding hydrogens is 429 g/mol. The van der Waals surface area contributed by atoms with Crippen LogP contribution in [0.25, 0.3) is 0 Å². The summed E-state index contributed by atoms with van der Waals surface area (Å²) in [4.78, 5) is 12.2. The molecule has 9 heteroatoms. The van der Waals surface area contributed by atoms with Crippen LogP contribution in [-0.4, -0.2) is 21.5 Å². The van der Waals surface area contributed by atoms with Crippen molar-refractivity contribution >= 4 is 17.4 Å². The summed E-state index contributed by atoms with van der Waals surface area (Å²) < 4.78 is 43.3. The van der Waals surface area contributed by atoms with Gasteiger partial charge in [-0.15, -0.1) is 0 Å². The van der Waals surface area contributed by atoms with E-state index in [1.165, 1.54) is 12.4 Å². The Morgan fingerprint density at radius 1 is 1.00 bits per heavy atom. The van der Waals surface area contributed by atoms with E-state index in [0.717, 1.165) is 49.2 Å². The Morgan fingerprint density at radius 2 is 1.77 bits per heavy atom. The second-order valence-electron chi connectivity index (χ2n) is 6.89. The van der Waals surface area contributed by atoms with Gasteiger partial charge in [-0.1, -0.05) is 37.1 Å². The number of unbranched alkanes of at least 4 members (excludes halogenated alkanes) is 1. The summed E-state index contributed by atoms with van der Waals surface area (Å²) >= 11 is 6.39. The summed E-state index contributed by atoms with van der Waals surface area (Å²) in [6.07, 6.45) is 1.48.